The first-order valence-electron chi connectivity index (χ1n) is 3.61. The number of ether oxygens (including phenoxy) is 1. The van der Waals surface area contributed by atoms with Gasteiger partial charge in [-0.15, -0.1) is 0 Å². The summed E-state index contributed by atoms with van der Waals surface area (Å²) in [4.78, 5) is 0. The molecule has 7 heteroatoms. The molecule has 5 nitrogen and oxygen atoms in total. The molecule has 1 fully saturated rings. The number of hydrogen-bond acceptors (Lipinski definition) is 5. The van der Waals surface area contributed by atoms with Gasteiger partial charge in [-0.05, 0) is 0 Å². The third kappa shape index (κ3) is 1.94. The van der Waals surface area contributed by atoms with Gasteiger partial charge in [0.05, 0.1) is 0 Å². The highest BCUT2D eigenvalue weighted by Crippen LogP contribution is 2.23. The second kappa shape index (κ2) is 3.81. The Hall–Kier alpha value is -0.340. The van der Waals surface area contributed by atoms with Crippen LogP contribution in [0.4, 0.5) is 8.78 Å². The summed E-state index contributed by atoms with van der Waals surface area (Å²) in [6.45, 7) is 0. The first-order chi connectivity index (χ1) is 5.95. The number of hydrogen-bond donors (Lipinski definition) is 4. The van der Waals surface area contributed by atoms with Crippen LogP contribution in [0.1, 0.15) is 0 Å². The van der Waals surface area contributed by atoms with Gasteiger partial charge in [0.25, 0.3) is 6.43 Å². The Bertz CT molecular complexity index is 178. The molecular weight excluding hydrogens is 190 g/mol. The summed E-state index contributed by atoms with van der Waals surface area (Å²) in [5, 5.41) is 35.6. The summed E-state index contributed by atoms with van der Waals surface area (Å²) in [6, 6.07) is 0. The third-order valence-electron chi connectivity index (χ3n) is 1.87. The zero-order valence-electron chi connectivity index (χ0n) is 6.42. The molecule has 1 saturated heterocycles. The molecule has 0 aromatic rings. The second-order valence-electron chi connectivity index (χ2n) is 2.80. The maximum atomic E-state index is 12.1. The molecular formula is C6H10F2O5. The fraction of sp³-hybridized carbons (Fsp3) is 1.00. The van der Waals surface area contributed by atoms with Crippen molar-refractivity contribution in [1.82, 2.24) is 0 Å². The van der Waals surface area contributed by atoms with Crippen molar-refractivity contribution in [1.29, 1.82) is 0 Å². The van der Waals surface area contributed by atoms with Gasteiger partial charge in [-0.2, -0.15) is 0 Å². The highest BCUT2D eigenvalue weighted by molar-refractivity contribution is 4.89. The standard InChI is InChI=1S/C6H10F2O5/c7-5(8)4-2(10)1(9)3(11)6(12)13-4/h1-6,9-12H/t1?,2-,3?,4?,6-/m1/s1. The van der Waals surface area contributed by atoms with Crippen molar-refractivity contribution in [2.75, 3.05) is 0 Å². The van der Waals surface area contributed by atoms with Crippen LogP contribution in [0.5, 0.6) is 0 Å². The number of rotatable bonds is 1. The molecule has 0 aliphatic carbocycles. The van der Waals surface area contributed by atoms with E-state index in [-0.39, 0.29) is 0 Å². The topological polar surface area (TPSA) is 90.2 Å². The van der Waals surface area contributed by atoms with E-state index in [2.05, 4.69) is 4.74 Å². The lowest BCUT2D eigenvalue weighted by atomic mass is 9.99. The minimum atomic E-state index is -3.04. The van der Waals surface area contributed by atoms with E-state index < -0.39 is 37.1 Å². The Morgan fingerprint density at radius 2 is 1.46 bits per heavy atom. The van der Waals surface area contributed by atoms with Gasteiger partial charge in [-0.1, -0.05) is 0 Å². The zero-order chi connectivity index (χ0) is 10.2. The van der Waals surface area contributed by atoms with E-state index in [1.54, 1.807) is 0 Å². The molecule has 0 saturated carbocycles. The van der Waals surface area contributed by atoms with E-state index in [1.807, 2.05) is 0 Å². The predicted molar refractivity (Wildman–Crippen MR) is 34.9 cm³/mol. The van der Waals surface area contributed by atoms with E-state index in [0.29, 0.717) is 0 Å². The Labute approximate surface area is 72.2 Å². The summed E-state index contributed by atoms with van der Waals surface area (Å²) in [7, 11) is 0. The lowest BCUT2D eigenvalue weighted by Gasteiger charge is -2.37. The van der Waals surface area contributed by atoms with Crippen molar-refractivity contribution in [3.63, 3.8) is 0 Å². The Balaban J connectivity index is 2.70. The molecule has 78 valence electrons. The Morgan fingerprint density at radius 3 is 1.92 bits per heavy atom. The Morgan fingerprint density at radius 1 is 0.923 bits per heavy atom. The molecule has 0 aromatic carbocycles. The summed E-state index contributed by atoms with van der Waals surface area (Å²) in [5.74, 6) is 0. The van der Waals surface area contributed by atoms with Crippen molar-refractivity contribution in [2.24, 2.45) is 0 Å². The third-order valence-corrected chi connectivity index (χ3v) is 1.87. The molecule has 4 N–H and O–H groups in total. The lowest BCUT2D eigenvalue weighted by Crippen LogP contribution is -2.59. The summed E-state index contributed by atoms with van der Waals surface area (Å²) >= 11 is 0. The average molecular weight is 200 g/mol. The molecule has 1 heterocycles. The van der Waals surface area contributed by atoms with Crippen LogP contribution >= 0.6 is 0 Å². The van der Waals surface area contributed by atoms with E-state index >= 15 is 0 Å². The van der Waals surface area contributed by atoms with Crippen LogP contribution < -0.4 is 0 Å². The maximum absolute atomic E-state index is 12.1. The van der Waals surface area contributed by atoms with Crippen molar-refractivity contribution >= 4 is 0 Å². The predicted octanol–water partition coefficient (Wildman–Crippen LogP) is -1.95. The SMILES string of the molecule is OC1C(O)[C@H](O)OC(C(F)F)[C@@H]1O. The molecule has 0 bridgehead atoms. The van der Waals surface area contributed by atoms with Gasteiger partial charge in [0.15, 0.2) is 6.29 Å². The van der Waals surface area contributed by atoms with Crippen molar-refractivity contribution < 1.29 is 33.9 Å². The minimum Gasteiger partial charge on any atom is -0.387 e. The van der Waals surface area contributed by atoms with Gasteiger partial charge in [0.2, 0.25) is 0 Å². The molecule has 1 rings (SSSR count). The van der Waals surface area contributed by atoms with Crippen LogP contribution in [0, 0.1) is 0 Å². The molecule has 1 aliphatic heterocycles. The van der Waals surface area contributed by atoms with Gasteiger partial charge in [0, 0.05) is 0 Å². The molecule has 5 atom stereocenters. The highest BCUT2D eigenvalue weighted by atomic mass is 19.3. The number of aliphatic hydroxyl groups is 4. The van der Waals surface area contributed by atoms with E-state index in [9.17, 15) is 8.78 Å². The average Bonchev–Trinajstić information content (AvgIpc) is 2.07. The molecule has 0 amide bonds. The minimum absolute atomic E-state index is 1.77. The van der Waals surface area contributed by atoms with Gasteiger partial charge in [0.1, 0.15) is 24.4 Å². The molecule has 3 unspecified atom stereocenters. The van der Waals surface area contributed by atoms with E-state index in [4.69, 9.17) is 20.4 Å². The first kappa shape index (κ1) is 10.7. The molecule has 0 aromatic heterocycles. The van der Waals surface area contributed by atoms with Gasteiger partial charge in [-0.3, -0.25) is 0 Å². The van der Waals surface area contributed by atoms with Crippen LogP contribution in [0.3, 0.4) is 0 Å². The molecule has 0 radical (unpaired) electrons. The van der Waals surface area contributed by atoms with Crippen LogP contribution in [0.15, 0.2) is 0 Å². The lowest BCUT2D eigenvalue weighted by molar-refractivity contribution is -0.300. The smallest absolute Gasteiger partial charge is 0.267 e. The van der Waals surface area contributed by atoms with Crippen LogP contribution in [-0.4, -0.2) is 57.6 Å². The normalized spacial score (nSPS) is 46.8. The molecule has 1 aliphatic rings. The van der Waals surface area contributed by atoms with Crippen molar-refractivity contribution in [3.05, 3.63) is 0 Å². The largest absolute Gasteiger partial charge is 0.387 e. The fourth-order valence-corrected chi connectivity index (χ4v) is 1.10. The summed E-state index contributed by atoms with van der Waals surface area (Å²) < 4.78 is 28.3. The number of aliphatic hydroxyl groups excluding tert-OH is 4. The van der Waals surface area contributed by atoms with Crippen molar-refractivity contribution in [2.45, 2.75) is 37.1 Å². The second-order valence-corrected chi connectivity index (χ2v) is 2.80. The number of halogens is 2. The van der Waals surface area contributed by atoms with E-state index in [1.165, 1.54) is 0 Å². The van der Waals surface area contributed by atoms with Crippen LogP contribution in [0.2, 0.25) is 0 Å². The quantitative estimate of drug-likeness (QED) is 0.395. The van der Waals surface area contributed by atoms with Crippen LogP contribution in [-0.2, 0) is 4.74 Å². The van der Waals surface area contributed by atoms with Gasteiger partial charge in [-0.25, -0.2) is 8.78 Å². The Kier molecular flexibility index (Phi) is 3.14. The van der Waals surface area contributed by atoms with Crippen LogP contribution in [0.25, 0.3) is 0 Å². The molecule has 13 heavy (non-hydrogen) atoms. The monoisotopic (exact) mass is 200 g/mol. The number of alkyl halides is 2. The summed E-state index contributed by atoms with van der Waals surface area (Å²) in [6.07, 6.45) is -12.4. The summed E-state index contributed by atoms with van der Waals surface area (Å²) in [5.41, 5.74) is 0. The highest BCUT2D eigenvalue weighted by Gasteiger charge is 2.46. The molecule has 0 spiro atoms. The fourth-order valence-electron chi connectivity index (χ4n) is 1.10. The first-order valence-corrected chi connectivity index (χ1v) is 3.61. The van der Waals surface area contributed by atoms with Gasteiger partial charge >= 0.3 is 0 Å². The van der Waals surface area contributed by atoms with E-state index in [0.717, 1.165) is 0 Å². The maximum Gasteiger partial charge on any atom is 0.267 e. The van der Waals surface area contributed by atoms with Gasteiger partial charge < -0.3 is 25.2 Å². The van der Waals surface area contributed by atoms with Crippen molar-refractivity contribution in [3.8, 4) is 0 Å². The zero-order valence-corrected chi connectivity index (χ0v) is 6.42.